The first-order valence-corrected chi connectivity index (χ1v) is 8.86. The zero-order valence-corrected chi connectivity index (χ0v) is 14.3. The van der Waals surface area contributed by atoms with Crippen molar-refractivity contribution in [1.82, 2.24) is 0 Å². The summed E-state index contributed by atoms with van der Waals surface area (Å²) in [4.78, 5) is 0. The van der Waals surface area contributed by atoms with Crippen molar-refractivity contribution in [3.63, 3.8) is 0 Å². The molecule has 0 heterocycles. The third-order valence-corrected chi connectivity index (χ3v) is 4.95. The van der Waals surface area contributed by atoms with Crippen LogP contribution < -0.4 is 0 Å². The van der Waals surface area contributed by atoms with Gasteiger partial charge in [0.1, 0.15) is 0 Å². The van der Waals surface area contributed by atoms with Crippen molar-refractivity contribution >= 4 is 21.5 Å². The van der Waals surface area contributed by atoms with Crippen LogP contribution in [0.4, 0.5) is 0 Å². The predicted octanol–water partition coefficient (Wildman–Crippen LogP) is 7.13. The third kappa shape index (κ3) is 2.66. The Labute approximate surface area is 153 Å². The fourth-order valence-electron chi connectivity index (χ4n) is 3.54. The van der Waals surface area contributed by atoms with Gasteiger partial charge in [-0.2, -0.15) is 0 Å². The van der Waals surface area contributed by atoms with Gasteiger partial charge in [0, 0.05) is 0 Å². The van der Waals surface area contributed by atoms with Crippen molar-refractivity contribution in [2.75, 3.05) is 0 Å². The van der Waals surface area contributed by atoms with Crippen LogP contribution in [-0.4, -0.2) is 0 Å². The van der Waals surface area contributed by atoms with E-state index in [-0.39, 0.29) is 0 Å². The number of hydrogen-bond acceptors (Lipinski definition) is 0. The Hall–Kier alpha value is -3.38. The molecule has 0 saturated carbocycles. The van der Waals surface area contributed by atoms with Crippen molar-refractivity contribution in [2.45, 2.75) is 0 Å². The van der Waals surface area contributed by atoms with E-state index in [1.54, 1.807) is 0 Å². The van der Waals surface area contributed by atoms with Crippen molar-refractivity contribution in [3.8, 4) is 22.3 Å². The molecule has 0 amide bonds. The minimum absolute atomic E-state index is 1.20. The molecule has 0 aliphatic rings. The molecule has 5 aromatic rings. The fraction of sp³-hybridized carbons (Fsp3) is 0. The molecular formula is C26H17. The molecular weight excluding hydrogens is 312 g/mol. The van der Waals surface area contributed by atoms with E-state index in [2.05, 4.69) is 109 Å². The molecule has 26 heavy (non-hydrogen) atoms. The van der Waals surface area contributed by atoms with Crippen LogP contribution in [0.2, 0.25) is 0 Å². The largest absolute Gasteiger partial charge is 0.0616 e. The molecule has 0 unspecified atom stereocenters. The molecule has 1 radical (unpaired) electrons. The van der Waals surface area contributed by atoms with Gasteiger partial charge in [0.05, 0.1) is 0 Å². The number of rotatable bonds is 2. The zero-order chi connectivity index (χ0) is 17.3. The van der Waals surface area contributed by atoms with Gasteiger partial charge < -0.3 is 0 Å². The lowest BCUT2D eigenvalue weighted by atomic mass is 9.96. The molecule has 5 aromatic carbocycles. The minimum atomic E-state index is 1.20. The summed E-state index contributed by atoms with van der Waals surface area (Å²) >= 11 is 0. The second-order valence-corrected chi connectivity index (χ2v) is 6.63. The maximum atomic E-state index is 3.32. The average molecular weight is 329 g/mol. The van der Waals surface area contributed by atoms with Gasteiger partial charge in [0.15, 0.2) is 0 Å². The number of hydrogen-bond donors (Lipinski definition) is 0. The molecule has 0 atom stereocenters. The summed E-state index contributed by atoms with van der Waals surface area (Å²) in [6.07, 6.45) is 0. The highest BCUT2D eigenvalue weighted by Crippen LogP contribution is 2.30. The minimum Gasteiger partial charge on any atom is -0.0616 e. The Kier molecular flexibility index (Phi) is 3.54. The smallest absolute Gasteiger partial charge is 0.0171 e. The average Bonchev–Trinajstić information content (AvgIpc) is 2.73. The van der Waals surface area contributed by atoms with Crippen LogP contribution in [0.5, 0.6) is 0 Å². The van der Waals surface area contributed by atoms with E-state index in [9.17, 15) is 0 Å². The van der Waals surface area contributed by atoms with Crippen molar-refractivity contribution in [2.24, 2.45) is 0 Å². The lowest BCUT2D eigenvalue weighted by molar-refractivity contribution is 1.60. The second kappa shape index (κ2) is 6.16. The molecule has 0 heteroatoms. The van der Waals surface area contributed by atoms with Gasteiger partial charge in [0.2, 0.25) is 0 Å². The Morgan fingerprint density at radius 1 is 0.385 bits per heavy atom. The lowest BCUT2D eigenvalue weighted by Crippen LogP contribution is -1.83. The Morgan fingerprint density at radius 3 is 1.35 bits per heavy atom. The summed E-state index contributed by atoms with van der Waals surface area (Å²) in [7, 11) is 0. The van der Waals surface area contributed by atoms with Gasteiger partial charge in [-0.25, -0.2) is 0 Å². The summed E-state index contributed by atoms with van der Waals surface area (Å²) in [6, 6.07) is 39.9. The summed E-state index contributed by atoms with van der Waals surface area (Å²) in [5.41, 5.74) is 4.84. The van der Waals surface area contributed by atoms with E-state index in [4.69, 9.17) is 0 Å². The topological polar surface area (TPSA) is 0 Å². The third-order valence-electron chi connectivity index (χ3n) is 4.95. The summed E-state index contributed by atoms with van der Waals surface area (Å²) in [5.74, 6) is 0. The quantitative estimate of drug-likeness (QED) is 0.323. The Bertz CT molecular complexity index is 1140. The molecule has 0 saturated heterocycles. The first-order valence-electron chi connectivity index (χ1n) is 8.86. The summed E-state index contributed by atoms with van der Waals surface area (Å²) < 4.78 is 0. The van der Waals surface area contributed by atoms with E-state index in [0.29, 0.717) is 0 Å². The first-order chi connectivity index (χ1) is 12.9. The molecule has 121 valence electrons. The van der Waals surface area contributed by atoms with E-state index >= 15 is 0 Å². The maximum Gasteiger partial charge on any atom is -0.0171 e. The standard InChI is InChI=1S/C26H17/c1-3-8-21-16-25(14-12-19(21)6-1)23-10-5-11-24(18-23)26-15-13-20-7-2-4-9-22(20)17-26/h1-4,6-18H. The highest BCUT2D eigenvalue weighted by atomic mass is 14.1. The second-order valence-electron chi connectivity index (χ2n) is 6.63. The summed E-state index contributed by atoms with van der Waals surface area (Å²) in [5, 5.41) is 5.07. The maximum absolute atomic E-state index is 3.32. The number of benzene rings is 5. The fourth-order valence-corrected chi connectivity index (χ4v) is 3.54. The van der Waals surface area contributed by atoms with Gasteiger partial charge in [0.25, 0.3) is 0 Å². The highest BCUT2D eigenvalue weighted by molar-refractivity contribution is 5.89. The van der Waals surface area contributed by atoms with Crippen LogP contribution in [0.1, 0.15) is 0 Å². The van der Waals surface area contributed by atoms with Crippen LogP contribution in [0.25, 0.3) is 43.8 Å². The van der Waals surface area contributed by atoms with Gasteiger partial charge >= 0.3 is 0 Å². The van der Waals surface area contributed by atoms with Crippen LogP contribution in [0.3, 0.4) is 0 Å². The molecule has 0 aliphatic carbocycles. The van der Waals surface area contributed by atoms with E-state index in [1.165, 1.54) is 43.8 Å². The Balaban J connectivity index is 1.60. The molecule has 0 spiro atoms. The van der Waals surface area contributed by atoms with Gasteiger partial charge in [-0.3, -0.25) is 0 Å². The van der Waals surface area contributed by atoms with Crippen molar-refractivity contribution in [1.29, 1.82) is 0 Å². The monoisotopic (exact) mass is 329 g/mol. The van der Waals surface area contributed by atoms with E-state index < -0.39 is 0 Å². The van der Waals surface area contributed by atoms with Crippen LogP contribution in [-0.2, 0) is 0 Å². The predicted molar refractivity (Wildman–Crippen MR) is 111 cm³/mol. The van der Waals surface area contributed by atoms with Crippen molar-refractivity contribution < 1.29 is 0 Å². The number of fused-ring (bicyclic) bond motifs is 2. The van der Waals surface area contributed by atoms with Crippen LogP contribution in [0.15, 0.2) is 103 Å². The van der Waals surface area contributed by atoms with Gasteiger partial charge in [-0.05, 0) is 80.2 Å². The van der Waals surface area contributed by atoms with Crippen LogP contribution >= 0.6 is 0 Å². The molecule has 0 fully saturated rings. The van der Waals surface area contributed by atoms with E-state index in [0.717, 1.165) is 0 Å². The summed E-state index contributed by atoms with van der Waals surface area (Å²) in [6.45, 7) is 0. The normalized spacial score (nSPS) is 11.1. The SMILES string of the molecule is [c]1cc(-c2ccc3ccccc3c2)cc(-c2ccc3ccccc3c2)c1. The molecule has 0 N–H and O–H groups in total. The molecule has 0 nitrogen and oxygen atoms in total. The molecule has 0 bridgehead atoms. The molecule has 5 rings (SSSR count). The first kappa shape index (κ1) is 14.9. The molecule has 0 aliphatic heterocycles. The Morgan fingerprint density at radius 2 is 0.846 bits per heavy atom. The van der Waals surface area contributed by atoms with Gasteiger partial charge in [-0.15, -0.1) is 0 Å². The highest BCUT2D eigenvalue weighted by Gasteiger charge is 2.04. The van der Waals surface area contributed by atoms with Crippen molar-refractivity contribution in [3.05, 3.63) is 109 Å². The lowest BCUT2D eigenvalue weighted by Gasteiger charge is -2.08. The van der Waals surface area contributed by atoms with Gasteiger partial charge in [-0.1, -0.05) is 72.8 Å². The van der Waals surface area contributed by atoms with E-state index in [1.807, 2.05) is 0 Å². The molecule has 0 aromatic heterocycles. The van der Waals surface area contributed by atoms with Crippen LogP contribution in [0, 0.1) is 6.07 Å². The zero-order valence-electron chi connectivity index (χ0n) is 14.3.